The third-order valence-electron chi connectivity index (χ3n) is 2.53. The number of carbonyl (C=O) groups excluding carboxylic acids is 1. The third kappa shape index (κ3) is 2.82. The van der Waals surface area contributed by atoms with Gasteiger partial charge in [-0.1, -0.05) is 0 Å². The Hall–Kier alpha value is -0.820. The minimum absolute atomic E-state index is 0.473. The van der Waals surface area contributed by atoms with Crippen LogP contribution < -0.4 is 11.1 Å². The molecule has 0 aromatic carbocycles. The van der Waals surface area contributed by atoms with Gasteiger partial charge in [-0.15, -0.1) is 0 Å². The summed E-state index contributed by atoms with van der Waals surface area (Å²) in [5.74, 6) is -0.628. The highest BCUT2D eigenvalue weighted by molar-refractivity contribution is 5.87. The van der Waals surface area contributed by atoms with Gasteiger partial charge in [-0.3, -0.25) is 4.79 Å². The molecule has 0 aliphatic heterocycles. The Bertz CT molecular complexity index is 251. The predicted molar refractivity (Wildman–Crippen MR) is 45.8 cm³/mol. The van der Waals surface area contributed by atoms with Crippen LogP contribution in [0.15, 0.2) is 0 Å². The molecule has 7 heteroatoms. The van der Waals surface area contributed by atoms with E-state index < -0.39 is 30.3 Å². The van der Waals surface area contributed by atoms with Gasteiger partial charge in [0.05, 0.1) is 12.1 Å². The van der Waals surface area contributed by atoms with Crippen LogP contribution in [0.2, 0.25) is 0 Å². The number of hydrogen-bond acceptors (Lipinski definition) is 3. The van der Waals surface area contributed by atoms with E-state index in [1.807, 2.05) is 5.32 Å². The molecule has 15 heavy (non-hydrogen) atoms. The van der Waals surface area contributed by atoms with Gasteiger partial charge in [-0.2, -0.15) is 13.2 Å². The largest absolute Gasteiger partial charge is 0.416 e. The molecule has 0 spiro atoms. The molecule has 0 aromatic heterocycles. The topological polar surface area (TPSA) is 75.4 Å². The second-order valence-corrected chi connectivity index (χ2v) is 3.78. The number of rotatable bonds is 3. The molecule has 4 N–H and O–H groups in total. The standard InChI is InChI=1S/C8H13F3N2O2/c9-8(10,11)5(14)4-13-6(15)7(12)2-1-3-7/h5,14H,1-4,12H2,(H,13,15). The molecule has 1 aliphatic rings. The summed E-state index contributed by atoms with van der Waals surface area (Å²) in [7, 11) is 0. The van der Waals surface area contributed by atoms with Gasteiger partial charge in [0.2, 0.25) is 5.91 Å². The molecule has 0 saturated heterocycles. The fourth-order valence-corrected chi connectivity index (χ4v) is 1.27. The van der Waals surface area contributed by atoms with Crippen molar-refractivity contribution in [2.24, 2.45) is 5.73 Å². The zero-order chi connectivity index (χ0) is 11.7. The molecular weight excluding hydrogens is 213 g/mol. The third-order valence-corrected chi connectivity index (χ3v) is 2.53. The lowest BCUT2D eigenvalue weighted by Gasteiger charge is -2.36. The molecule has 1 atom stereocenters. The molecule has 0 aromatic rings. The molecular formula is C8H13F3N2O2. The second kappa shape index (κ2) is 3.97. The Labute approximate surface area is 84.6 Å². The zero-order valence-corrected chi connectivity index (χ0v) is 7.97. The van der Waals surface area contributed by atoms with E-state index in [4.69, 9.17) is 10.8 Å². The van der Waals surface area contributed by atoms with E-state index in [1.165, 1.54) is 0 Å². The second-order valence-electron chi connectivity index (χ2n) is 3.78. The van der Waals surface area contributed by atoms with Crippen molar-refractivity contribution in [2.75, 3.05) is 6.54 Å². The minimum Gasteiger partial charge on any atom is -0.382 e. The van der Waals surface area contributed by atoms with Crippen molar-refractivity contribution >= 4 is 5.91 Å². The molecule has 1 rings (SSSR count). The maximum absolute atomic E-state index is 11.9. The summed E-state index contributed by atoms with van der Waals surface area (Å²) in [5, 5.41) is 10.6. The number of aliphatic hydroxyl groups is 1. The van der Waals surface area contributed by atoms with Crippen LogP contribution in [0.3, 0.4) is 0 Å². The number of nitrogens with one attached hydrogen (secondary N) is 1. The van der Waals surface area contributed by atoms with Gasteiger partial charge in [-0.05, 0) is 19.3 Å². The van der Waals surface area contributed by atoms with Gasteiger partial charge in [0.15, 0.2) is 6.10 Å². The highest BCUT2D eigenvalue weighted by Gasteiger charge is 2.42. The van der Waals surface area contributed by atoms with Crippen LogP contribution in [0.25, 0.3) is 0 Å². The Morgan fingerprint density at radius 1 is 1.53 bits per heavy atom. The molecule has 4 nitrogen and oxygen atoms in total. The molecule has 88 valence electrons. The number of amides is 1. The molecule has 1 unspecified atom stereocenters. The highest BCUT2D eigenvalue weighted by atomic mass is 19.4. The first-order valence-corrected chi connectivity index (χ1v) is 4.58. The van der Waals surface area contributed by atoms with Gasteiger partial charge in [-0.25, -0.2) is 0 Å². The van der Waals surface area contributed by atoms with Crippen molar-refractivity contribution < 1.29 is 23.1 Å². The first-order valence-electron chi connectivity index (χ1n) is 4.58. The normalized spacial score (nSPS) is 21.7. The average Bonchev–Trinajstić information content (AvgIpc) is 2.07. The predicted octanol–water partition coefficient (Wildman–Crippen LogP) is -0.0928. The van der Waals surface area contributed by atoms with E-state index in [0.717, 1.165) is 6.42 Å². The Morgan fingerprint density at radius 3 is 2.40 bits per heavy atom. The fourth-order valence-electron chi connectivity index (χ4n) is 1.27. The molecule has 1 fully saturated rings. The lowest BCUT2D eigenvalue weighted by Crippen LogP contribution is -2.59. The van der Waals surface area contributed by atoms with Crippen molar-refractivity contribution in [2.45, 2.75) is 37.1 Å². The lowest BCUT2D eigenvalue weighted by molar-refractivity contribution is -0.202. The number of aliphatic hydroxyl groups excluding tert-OH is 1. The summed E-state index contributed by atoms with van der Waals surface area (Å²) < 4.78 is 35.6. The van der Waals surface area contributed by atoms with Crippen LogP contribution in [-0.4, -0.2) is 35.4 Å². The molecule has 1 saturated carbocycles. The Balaban J connectivity index is 2.34. The summed E-state index contributed by atoms with van der Waals surface area (Å²) in [4.78, 5) is 11.3. The fraction of sp³-hybridized carbons (Fsp3) is 0.875. The van der Waals surface area contributed by atoms with Crippen LogP contribution in [0.5, 0.6) is 0 Å². The van der Waals surface area contributed by atoms with Gasteiger partial charge in [0, 0.05) is 0 Å². The van der Waals surface area contributed by atoms with E-state index in [2.05, 4.69) is 0 Å². The Kier molecular flexibility index (Phi) is 3.25. The molecule has 0 radical (unpaired) electrons. The first kappa shape index (κ1) is 12.3. The summed E-state index contributed by atoms with van der Waals surface area (Å²) in [6.07, 6.45) is -5.51. The van der Waals surface area contributed by atoms with Gasteiger partial charge < -0.3 is 16.2 Å². The van der Waals surface area contributed by atoms with Gasteiger partial charge in [0.1, 0.15) is 0 Å². The van der Waals surface area contributed by atoms with Crippen molar-refractivity contribution in [1.29, 1.82) is 0 Å². The molecule has 0 bridgehead atoms. The van der Waals surface area contributed by atoms with Crippen LogP contribution in [0.1, 0.15) is 19.3 Å². The van der Waals surface area contributed by atoms with E-state index in [9.17, 15) is 18.0 Å². The van der Waals surface area contributed by atoms with Crippen molar-refractivity contribution in [3.8, 4) is 0 Å². The summed E-state index contributed by atoms with van der Waals surface area (Å²) >= 11 is 0. The van der Waals surface area contributed by atoms with Gasteiger partial charge in [0.25, 0.3) is 0 Å². The van der Waals surface area contributed by atoms with Crippen molar-refractivity contribution in [3.63, 3.8) is 0 Å². The zero-order valence-electron chi connectivity index (χ0n) is 7.97. The summed E-state index contributed by atoms with van der Waals surface area (Å²) in [5.41, 5.74) is 4.53. The lowest BCUT2D eigenvalue weighted by atomic mass is 9.77. The van der Waals surface area contributed by atoms with Gasteiger partial charge >= 0.3 is 6.18 Å². The maximum Gasteiger partial charge on any atom is 0.416 e. The minimum atomic E-state index is -4.71. The number of halogens is 3. The number of nitrogens with two attached hydrogens (primary N) is 1. The highest BCUT2D eigenvalue weighted by Crippen LogP contribution is 2.29. The quantitative estimate of drug-likeness (QED) is 0.629. The summed E-state index contributed by atoms with van der Waals surface area (Å²) in [6.45, 7) is -0.846. The van der Waals surface area contributed by atoms with E-state index in [0.29, 0.717) is 12.8 Å². The molecule has 1 aliphatic carbocycles. The van der Waals surface area contributed by atoms with Crippen molar-refractivity contribution in [1.82, 2.24) is 5.32 Å². The van der Waals surface area contributed by atoms with Crippen LogP contribution in [-0.2, 0) is 4.79 Å². The van der Waals surface area contributed by atoms with Crippen molar-refractivity contribution in [3.05, 3.63) is 0 Å². The van der Waals surface area contributed by atoms with E-state index >= 15 is 0 Å². The average molecular weight is 226 g/mol. The maximum atomic E-state index is 11.9. The summed E-state index contributed by atoms with van der Waals surface area (Å²) in [6, 6.07) is 0. The van der Waals surface area contributed by atoms with E-state index in [1.54, 1.807) is 0 Å². The monoisotopic (exact) mass is 226 g/mol. The van der Waals surface area contributed by atoms with Crippen LogP contribution in [0.4, 0.5) is 13.2 Å². The number of carbonyl (C=O) groups is 1. The Morgan fingerprint density at radius 2 is 2.07 bits per heavy atom. The van der Waals surface area contributed by atoms with Crippen LogP contribution in [0, 0.1) is 0 Å². The molecule has 0 heterocycles. The number of alkyl halides is 3. The van der Waals surface area contributed by atoms with Crippen LogP contribution >= 0.6 is 0 Å². The number of hydrogen-bond donors (Lipinski definition) is 3. The smallest absolute Gasteiger partial charge is 0.382 e. The molecule has 1 amide bonds. The first-order chi connectivity index (χ1) is 6.76. The van der Waals surface area contributed by atoms with E-state index in [-0.39, 0.29) is 0 Å². The SMILES string of the molecule is NC1(C(=O)NCC(O)C(F)(F)F)CCC1.